The van der Waals surface area contributed by atoms with Crippen LogP contribution in [0.3, 0.4) is 0 Å². The molecule has 0 radical (unpaired) electrons. The molecule has 0 amide bonds. The van der Waals surface area contributed by atoms with E-state index in [2.05, 4.69) is 37.8 Å². The molecule has 15 heavy (non-hydrogen) atoms. The smallest absolute Gasteiger partial charge is 0.230 e. The summed E-state index contributed by atoms with van der Waals surface area (Å²) < 4.78 is 5.26. The molecule has 2 unspecified atom stereocenters. The molecule has 1 rings (SSSR count). The van der Waals surface area contributed by atoms with Crippen LogP contribution in [0, 0.1) is 12.3 Å². The van der Waals surface area contributed by atoms with Crippen LogP contribution in [0.25, 0.3) is 0 Å². The van der Waals surface area contributed by atoms with E-state index in [1.54, 1.807) is 0 Å². The highest BCUT2D eigenvalue weighted by molar-refractivity contribution is 4.98. The van der Waals surface area contributed by atoms with E-state index in [0.29, 0.717) is 5.92 Å². The maximum absolute atomic E-state index is 5.26. The molecule has 86 valence electrons. The van der Waals surface area contributed by atoms with Gasteiger partial charge in [0.2, 0.25) is 5.89 Å². The van der Waals surface area contributed by atoms with Gasteiger partial charge in [-0.3, -0.25) is 0 Å². The second kappa shape index (κ2) is 4.77. The molecule has 2 atom stereocenters. The lowest BCUT2D eigenvalue weighted by Gasteiger charge is -2.32. The Morgan fingerprint density at radius 2 is 2.07 bits per heavy atom. The zero-order valence-electron chi connectivity index (χ0n) is 10.5. The Morgan fingerprint density at radius 3 is 2.47 bits per heavy atom. The van der Waals surface area contributed by atoms with E-state index in [4.69, 9.17) is 4.52 Å². The van der Waals surface area contributed by atoms with E-state index in [-0.39, 0.29) is 5.41 Å². The number of rotatable bonds is 5. The van der Waals surface area contributed by atoms with Crippen LogP contribution in [0.15, 0.2) is 4.52 Å². The maximum Gasteiger partial charge on any atom is 0.230 e. The van der Waals surface area contributed by atoms with Crippen LogP contribution in [0.1, 0.15) is 64.6 Å². The Morgan fingerprint density at radius 1 is 1.40 bits per heavy atom. The van der Waals surface area contributed by atoms with E-state index in [0.717, 1.165) is 18.1 Å². The predicted octanol–water partition coefficient (Wildman–Crippen LogP) is 3.70. The fourth-order valence-electron chi connectivity index (χ4n) is 2.06. The first-order valence-electron chi connectivity index (χ1n) is 5.83. The Bertz CT molecular complexity index is 308. The first-order valence-corrected chi connectivity index (χ1v) is 5.83. The molecule has 0 spiro atoms. The standard InChI is InChI=1S/C12H22N2O/c1-6-8-12(5,7-2)9(3)11-13-10(4)14-15-11/h9H,6-8H2,1-5H3. The monoisotopic (exact) mass is 210 g/mol. The second-order valence-electron chi connectivity index (χ2n) is 4.66. The van der Waals surface area contributed by atoms with E-state index < -0.39 is 0 Å². The van der Waals surface area contributed by atoms with Gasteiger partial charge >= 0.3 is 0 Å². The van der Waals surface area contributed by atoms with Crippen LogP contribution < -0.4 is 0 Å². The van der Waals surface area contributed by atoms with Gasteiger partial charge in [-0.25, -0.2) is 0 Å². The summed E-state index contributed by atoms with van der Waals surface area (Å²) in [4.78, 5) is 4.33. The SMILES string of the molecule is CCCC(C)(CC)C(C)c1nc(C)no1. The molecule has 0 aliphatic rings. The minimum atomic E-state index is 0.272. The van der Waals surface area contributed by atoms with Crippen LogP contribution in [-0.4, -0.2) is 10.1 Å². The fourth-order valence-corrected chi connectivity index (χ4v) is 2.06. The molecule has 3 nitrogen and oxygen atoms in total. The molecule has 1 aromatic rings. The number of aromatic nitrogens is 2. The molecule has 1 aromatic heterocycles. The average molecular weight is 210 g/mol. The fraction of sp³-hybridized carbons (Fsp3) is 0.833. The number of hydrogen-bond acceptors (Lipinski definition) is 3. The average Bonchev–Trinajstić information content (AvgIpc) is 2.64. The molecular formula is C12H22N2O. The summed E-state index contributed by atoms with van der Waals surface area (Å²) in [6.07, 6.45) is 3.54. The molecule has 0 saturated carbocycles. The molecule has 1 heterocycles. The van der Waals surface area contributed by atoms with E-state index in [1.807, 2.05) is 6.92 Å². The second-order valence-corrected chi connectivity index (χ2v) is 4.66. The topological polar surface area (TPSA) is 38.9 Å². The van der Waals surface area contributed by atoms with Crippen molar-refractivity contribution in [3.8, 4) is 0 Å². The summed E-state index contributed by atoms with van der Waals surface area (Å²) in [7, 11) is 0. The Balaban J connectivity index is 2.85. The lowest BCUT2D eigenvalue weighted by atomic mass is 9.72. The lowest BCUT2D eigenvalue weighted by molar-refractivity contribution is 0.192. The van der Waals surface area contributed by atoms with Gasteiger partial charge in [-0.05, 0) is 25.2 Å². The van der Waals surface area contributed by atoms with Crippen molar-refractivity contribution in [2.45, 2.75) is 59.8 Å². The van der Waals surface area contributed by atoms with Crippen LogP contribution >= 0.6 is 0 Å². The minimum Gasteiger partial charge on any atom is -0.339 e. The Labute approximate surface area is 92.3 Å². The van der Waals surface area contributed by atoms with E-state index >= 15 is 0 Å². The van der Waals surface area contributed by atoms with Gasteiger partial charge in [-0.15, -0.1) is 0 Å². The number of hydrogen-bond donors (Lipinski definition) is 0. The van der Waals surface area contributed by atoms with E-state index in [9.17, 15) is 0 Å². The van der Waals surface area contributed by atoms with Crippen LogP contribution in [-0.2, 0) is 0 Å². The van der Waals surface area contributed by atoms with Gasteiger partial charge in [0.15, 0.2) is 5.82 Å². The summed E-state index contributed by atoms with van der Waals surface area (Å²) in [5.74, 6) is 1.85. The van der Waals surface area contributed by atoms with Gasteiger partial charge in [0, 0.05) is 5.92 Å². The largest absolute Gasteiger partial charge is 0.339 e. The Kier molecular flexibility index (Phi) is 3.89. The molecule has 0 bridgehead atoms. The van der Waals surface area contributed by atoms with Gasteiger partial charge in [-0.1, -0.05) is 39.3 Å². The third-order valence-electron chi connectivity index (χ3n) is 3.59. The number of aryl methyl sites for hydroxylation is 1. The number of nitrogens with zero attached hydrogens (tertiary/aromatic N) is 2. The van der Waals surface area contributed by atoms with Gasteiger partial charge in [0.05, 0.1) is 0 Å². The van der Waals surface area contributed by atoms with Crippen molar-refractivity contribution in [2.24, 2.45) is 5.41 Å². The predicted molar refractivity (Wildman–Crippen MR) is 60.8 cm³/mol. The molecule has 0 N–H and O–H groups in total. The normalized spacial score (nSPS) is 17.4. The molecule has 0 aromatic carbocycles. The highest BCUT2D eigenvalue weighted by Gasteiger charge is 2.32. The molecule has 0 aliphatic carbocycles. The van der Waals surface area contributed by atoms with Crippen LogP contribution in [0.2, 0.25) is 0 Å². The van der Waals surface area contributed by atoms with Crippen molar-refractivity contribution < 1.29 is 4.52 Å². The molecular weight excluding hydrogens is 188 g/mol. The van der Waals surface area contributed by atoms with E-state index in [1.165, 1.54) is 12.8 Å². The lowest BCUT2D eigenvalue weighted by Crippen LogP contribution is -2.23. The van der Waals surface area contributed by atoms with Crippen molar-refractivity contribution in [1.82, 2.24) is 10.1 Å². The molecule has 0 aliphatic heterocycles. The minimum absolute atomic E-state index is 0.272. The van der Waals surface area contributed by atoms with Crippen LogP contribution in [0.5, 0.6) is 0 Å². The summed E-state index contributed by atoms with van der Waals surface area (Å²) in [5, 5.41) is 3.86. The third-order valence-corrected chi connectivity index (χ3v) is 3.59. The molecule has 0 fully saturated rings. The highest BCUT2D eigenvalue weighted by atomic mass is 16.5. The summed E-state index contributed by atoms with van der Waals surface area (Å²) in [6.45, 7) is 10.8. The third kappa shape index (κ3) is 2.58. The maximum atomic E-state index is 5.26. The van der Waals surface area contributed by atoms with Crippen molar-refractivity contribution in [1.29, 1.82) is 0 Å². The molecule has 3 heteroatoms. The first-order chi connectivity index (χ1) is 7.03. The van der Waals surface area contributed by atoms with Gasteiger partial charge in [-0.2, -0.15) is 4.98 Å². The van der Waals surface area contributed by atoms with Crippen molar-refractivity contribution in [3.05, 3.63) is 11.7 Å². The summed E-state index contributed by atoms with van der Waals surface area (Å²) in [6, 6.07) is 0. The van der Waals surface area contributed by atoms with Crippen molar-refractivity contribution in [2.75, 3.05) is 0 Å². The quantitative estimate of drug-likeness (QED) is 0.743. The molecule has 0 saturated heterocycles. The summed E-state index contributed by atoms with van der Waals surface area (Å²) in [5.41, 5.74) is 0.272. The van der Waals surface area contributed by atoms with Gasteiger partial charge in [0.1, 0.15) is 0 Å². The highest BCUT2D eigenvalue weighted by Crippen LogP contribution is 2.41. The zero-order chi connectivity index (χ0) is 11.5. The van der Waals surface area contributed by atoms with Crippen molar-refractivity contribution in [3.63, 3.8) is 0 Å². The first kappa shape index (κ1) is 12.2. The summed E-state index contributed by atoms with van der Waals surface area (Å²) >= 11 is 0. The van der Waals surface area contributed by atoms with Gasteiger partial charge in [0.25, 0.3) is 0 Å². The Hall–Kier alpha value is -0.860. The van der Waals surface area contributed by atoms with Crippen LogP contribution in [0.4, 0.5) is 0 Å². The van der Waals surface area contributed by atoms with Gasteiger partial charge < -0.3 is 4.52 Å². The van der Waals surface area contributed by atoms with Crippen molar-refractivity contribution >= 4 is 0 Å². The zero-order valence-corrected chi connectivity index (χ0v) is 10.5.